The molecule has 0 saturated heterocycles. The molecule has 0 radical (unpaired) electrons. The number of anilines is 1. The smallest absolute Gasteiger partial charge is 0.268 e. The molecule has 0 spiro atoms. The Balaban J connectivity index is 2.53. The molecule has 0 saturated carbocycles. The topological polar surface area (TPSA) is 66.8 Å². The molecule has 6 heteroatoms. The van der Waals surface area contributed by atoms with Gasteiger partial charge in [0.25, 0.3) is 10.0 Å². The predicted molar refractivity (Wildman–Crippen MR) is 90.3 cm³/mol. The molecule has 0 aromatic heterocycles. The molecule has 1 unspecified atom stereocenters. The zero-order chi connectivity index (χ0) is 16.9. The van der Waals surface area contributed by atoms with Crippen LogP contribution in [0, 0.1) is 0 Å². The quantitative estimate of drug-likeness (QED) is 0.845. The average molecular weight is 335 g/mol. The molecule has 2 aromatic carbocycles. The molecular formula is C17H21NO4S. The highest BCUT2D eigenvalue weighted by Crippen LogP contribution is 2.30. The second-order valence-corrected chi connectivity index (χ2v) is 6.92. The lowest BCUT2D eigenvalue weighted by atomic mass is 10.2. The van der Waals surface area contributed by atoms with E-state index in [-0.39, 0.29) is 17.2 Å². The van der Waals surface area contributed by atoms with Crippen LogP contribution in [0.3, 0.4) is 0 Å². The van der Waals surface area contributed by atoms with Crippen LogP contribution >= 0.6 is 0 Å². The number of hydrogen-bond acceptors (Lipinski definition) is 4. The summed E-state index contributed by atoms with van der Waals surface area (Å²) in [6, 6.07) is 15.2. The maximum Gasteiger partial charge on any atom is 0.268 e. The number of hydrogen-bond donors (Lipinski definition) is 1. The van der Waals surface area contributed by atoms with Gasteiger partial charge in [0.1, 0.15) is 10.6 Å². The number of methoxy groups -OCH3 is 1. The summed E-state index contributed by atoms with van der Waals surface area (Å²) in [5, 5.41) is 9.99. The van der Waals surface area contributed by atoms with E-state index in [4.69, 9.17) is 4.74 Å². The molecule has 0 heterocycles. The SMILES string of the molecule is CCC(O)CN(c1ccccc1)S(=O)(=O)c1ccccc1OC. The van der Waals surface area contributed by atoms with Crippen LogP contribution in [0.15, 0.2) is 59.5 Å². The van der Waals surface area contributed by atoms with Crippen LogP contribution in [0.4, 0.5) is 5.69 Å². The van der Waals surface area contributed by atoms with E-state index in [2.05, 4.69) is 0 Å². The maximum absolute atomic E-state index is 13.1. The van der Waals surface area contributed by atoms with Gasteiger partial charge in [-0.2, -0.15) is 0 Å². The number of nitrogens with zero attached hydrogens (tertiary/aromatic N) is 1. The van der Waals surface area contributed by atoms with Crippen molar-refractivity contribution in [1.82, 2.24) is 0 Å². The zero-order valence-electron chi connectivity index (χ0n) is 13.2. The third kappa shape index (κ3) is 3.83. The summed E-state index contributed by atoms with van der Waals surface area (Å²) in [7, 11) is -2.42. The van der Waals surface area contributed by atoms with Gasteiger partial charge in [-0.25, -0.2) is 8.42 Å². The van der Waals surface area contributed by atoms with E-state index in [9.17, 15) is 13.5 Å². The minimum Gasteiger partial charge on any atom is -0.495 e. The van der Waals surface area contributed by atoms with Gasteiger partial charge in [0.05, 0.1) is 25.4 Å². The highest BCUT2D eigenvalue weighted by atomic mass is 32.2. The minimum absolute atomic E-state index is 0.0130. The van der Waals surface area contributed by atoms with Crippen LogP contribution in [0.5, 0.6) is 5.75 Å². The van der Waals surface area contributed by atoms with Gasteiger partial charge >= 0.3 is 0 Å². The average Bonchev–Trinajstić information content (AvgIpc) is 2.59. The van der Waals surface area contributed by atoms with E-state index in [0.717, 1.165) is 0 Å². The fourth-order valence-corrected chi connectivity index (χ4v) is 3.87. The number of sulfonamides is 1. The van der Waals surface area contributed by atoms with E-state index in [1.54, 1.807) is 42.5 Å². The van der Waals surface area contributed by atoms with E-state index in [1.807, 2.05) is 13.0 Å². The molecule has 1 atom stereocenters. The van der Waals surface area contributed by atoms with Crippen LogP contribution in [-0.4, -0.2) is 33.3 Å². The number of benzene rings is 2. The number of ether oxygens (including phenoxy) is 1. The second kappa shape index (κ2) is 7.48. The molecule has 0 bridgehead atoms. The minimum atomic E-state index is -3.85. The van der Waals surface area contributed by atoms with Gasteiger partial charge in [0.15, 0.2) is 0 Å². The summed E-state index contributed by atoms with van der Waals surface area (Å²) in [6.07, 6.45) is -0.287. The lowest BCUT2D eigenvalue weighted by Crippen LogP contribution is -2.37. The summed E-state index contributed by atoms with van der Waals surface area (Å²) in [5.74, 6) is 0.277. The van der Waals surface area contributed by atoms with E-state index >= 15 is 0 Å². The van der Waals surface area contributed by atoms with Gasteiger partial charge in [-0.1, -0.05) is 37.3 Å². The standard InChI is InChI=1S/C17H21NO4S/c1-3-15(19)13-18(14-9-5-4-6-10-14)23(20,21)17-12-8-7-11-16(17)22-2/h4-12,15,19H,3,13H2,1-2H3. The number of para-hydroxylation sites is 2. The van der Waals surface area contributed by atoms with Gasteiger partial charge in [-0.3, -0.25) is 4.31 Å². The third-order valence-electron chi connectivity index (χ3n) is 3.53. The van der Waals surface area contributed by atoms with Crippen molar-refractivity contribution in [1.29, 1.82) is 0 Å². The van der Waals surface area contributed by atoms with Crippen molar-refractivity contribution < 1.29 is 18.3 Å². The van der Waals surface area contributed by atoms with Crippen LogP contribution in [0.25, 0.3) is 0 Å². The third-order valence-corrected chi connectivity index (χ3v) is 5.36. The number of aliphatic hydroxyl groups excluding tert-OH is 1. The monoisotopic (exact) mass is 335 g/mol. The maximum atomic E-state index is 13.1. The predicted octanol–water partition coefficient (Wildman–Crippen LogP) is 2.66. The van der Waals surface area contributed by atoms with Crippen molar-refractivity contribution in [3.8, 4) is 5.75 Å². The summed E-state index contributed by atoms with van der Waals surface area (Å²) in [5.41, 5.74) is 0.505. The Bertz CT molecular complexity index is 731. The first-order valence-corrected chi connectivity index (χ1v) is 8.83. The van der Waals surface area contributed by atoms with Crippen LogP contribution in [0.1, 0.15) is 13.3 Å². The Kier molecular flexibility index (Phi) is 5.63. The summed E-state index contributed by atoms with van der Waals surface area (Å²) >= 11 is 0. The van der Waals surface area contributed by atoms with E-state index < -0.39 is 16.1 Å². The molecule has 0 aliphatic rings. The Labute approximate surface area is 137 Å². The molecule has 124 valence electrons. The Morgan fingerprint density at radius 1 is 1.09 bits per heavy atom. The Morgan fingerprint density at radius 2 is 1.70 bits per heavy atom. The first kappa shape index (κ1) is 17.3. The zero-order valence-corrected chi connectivity index (χ0v) is 14.0. The largest absolute Gasteiger partial charge is 0.495 e. The fraction of sp³-hybridized carbons (Fsp3) is 0.294. The van der Waals surface area contributed by atoms with Crippen molar-refractivity contribution in [2.45, 2.75) is 24.3 Å². The molecule has 5 nitrogen and oxygen atoms in total. The van der Waals surface area contributed by atoms with Gasteiger partial charge in [-0.05, 0) is 30.7 Å². The highest BCUT2D eigenvalue weighted by molar-refractivity contribution is 7.93. The van der Waals surface area contributed by atoms with Crippen molar-refractivity contribution in [3.63, 3.8) is 0 Å². The molecule has 0 amide bonds. The number of rotatable bonds is 7. The number of aliphatic hydroxyl groups is 1. The molecule has 23 heavy (non-hydrogen) atoms. The first-order valence-electron chi connectivity index (χ1n) is 7.39. The van der Waals surface area contributed by atoms with Gasteiger partial charge in [-0.15, -0.1) is 0 Å². The van der Waals surface area contributed by atoms with E-state index in [0.29, 0.717) is 12.1 Å². The van der Waals surface area contributed by atoms with Crippen LogP contribution < -0.4 is 9.04 Å². The molecule has 2 rings (SSSR count). The first-order chi connectivity index (χ1) is 11.0. The lowest BCUT2D eigenvalue weighted by molar-refractivity contribution is 0.179. The van der Waals surface area contributed by atoms with Gasteiger partial charge in [0.2, 0.25) is 0 Å². The molecule has 2 aromatic rings. The van der Waals surface area contributed by atoms with Crippen LogP contribution in [-0.2, 0) is 10.0 Å². The normalized spacial score (nSPS) is 12.7. The fourth-order valence-electron chi connectivity index (χ4n) is 2.21. The van der Waals surface area contributed by atoms with Crippen molar-refractivity contribution in [2.75, 3.05) is 18.0 Å². The van der Waals surface area contributed by atoms with Crippen molar-refractivity contribution in [2.24, 2.45) is 0 Å². The van der Waals surface area contributed by atoms with Gasteiger partial charge in [0, 0.05) is 0 Å². The lowest BCUT2D eigenvalue weighted by Gasteiger charge is -2.27. The van der Waals surface area contributed by atoms with Gasteiger partial charge < -0.3 is 9.84 Å². The highest BCUT2D eigenvalue weighted by Gasteiger charge is 2.29. The molecular weight excluding hydrogens is 314 g/mol. The van der Waals surface area contributed by atoms with Crippen molar-refractivity contribution >= 4 is 15.7 Å². The van der Waals surface area contributed by atoms with Crippen LogP contribution in [0.2, 0.25) is 0 Å². The summed E-state index contributed by atoms with van der Waals surface area (Å²) in [4.78, 5) is 0.0784. The molecule has 0 aliphatic heterocycles. The molecule has 0 fully saturated rings. The Hall–Kier alpha value is -2.05. The molecule has 1 N–H and O–H groups in total. The second-order valence-electron chi connectivity index (χ2n) is 5.08. The van der Waals surface area contributed by atoms with E-state index in [1.165, 1.54) is 17.5 Å². The summed E-state index contributed by atoms with van der Waals surface area (Å²) in [6.45, 7) is 1.80. The molecule has 0 aliphatic carbocycles. The Morgan fingerprint density at radius 3 is 2.30 bits per heavy atom. The summed E-state index contributed by atoms with van der Waals surface area (Å²) < 4.78 is 32.6. The van der Waals surface area contributed by atoms with Crippen molar-refractivity contribution in [3.05, 3.63) is 54.6 Å².